The van der Waals surface area contributed by atoms with Crippen molar-refractivity contribution in [1.82, 2.24) is 9.66 Å². The third-order valence-electron chi connectivity index (χ3n) is 2.62. The van der Waals surface area contributed by atoms with Gasteiger partial charge in [0.05, 0.1) is 32.3 Å². The van der Waals surface area contributed by atoms with E-state index in [1.807, 2.05) is 0 Å². The van der Waals surface area contributed by atoms with E-state index in [2.05, 4.69) is 10.1 Å². The number of ether oxygens (including phenoxy) is 2. The number of anilines is 1. The highest BCUT2D eigenvalue weighted by molar-refractivity contribution is 5.81. The summed E-state index contributed by atoms with van der Waals surface area (Å²) in [6.07, 6.45) is 3.13. The van der Waals surface area contributed by atoms with Crippen LogP contribution in [0, 0.1) is 12.7 Å². The molecule has 0 aliphatic rings. The number of imidazole rings is 1. The van der Waals surface area contributed by atoms with Crippen LogP contribution >= 0.6 is 0 Å². The molecule has 1 aromatic carbocycles. The van der Waals surface area contributed by atoms with Gasteiger partial charge in [-0.1, -0.05) is 0 Å². The van der Waals surface area contributed by atoms with Crippen LogP contribution in [0.2, 0.25) is 0 Å². The molecule has 0 spiro atoms. The summed E-state index contributed by atoms with van der Waals surface area (Å²) in [7, 11) is 2.82. The zero-order valence-electron chi connectivity index (χ0n) is 11.4. The maximum Gasteiger partial charge on any atom is 0.221 e. The molecule has 2 aromatic rings. The van der Waals surface area contributed by atoms with E-state index in [1.165, 1.54) is 31.2 Å². The molecule has 6 nitrogen and oxygen atoms in total. The molecule has 0 aliphatic heterocycles. The van der Waals surface area contributed by atoms with Gasteiger partial charge < -0.3 is 15.2 Å². The fraction of sp³-hybridized carbons (Fsp3) is 0.231. The van der Waals surface area contributed by atoms with Gasteiger partial charge >= 0.3 is 0 Å². The van der Waals surface area contributed by atoms with Gasteiger partial charge in [-0.15, -0.1) is 0 Å². The molecule has 0 unspecified atom stereocenters. The molecule has 106 valence electrons. The minimum absolute atomic E-state index is 0.0580. The predicted molar refractivity (Wildman–Crippen MR) is 73.9 cm³/mol. The van der Waals surface area contributed by atoms with Crippen LogP contribution in [0.15, 0.2) is 23.4 Å². The van der Waals surface area contributed by atoms with E-state index in [0.29, 0.717) is 11.3 Å². The summed E-state index contributed by atoms with van der Waals surface area (Å²) in [5.74, 6) is 0.0918. The van der Waals surface area contributed by atoms with E-state index in [-0.39, 0.29) is 11.7 Å². The number of methoxy groups -OCH3 is 2. The van der Waals surface area contributed by atoms with Crippen molar-refractivity contribution >= 4 is 12.2 Å². The second-order valence-electron chi connectivity index (χ2n) is 4.07. The first-order chi connectivity index (χ1) is 9.55. The molecule has 1 aromatic heterocycles. The molecule has 0 radical (unpaired) electrons. The SMILES string of the molecule is COc1cc(C=Nn2cc(C)nc2N)cc(F)c1OC. The predicted octanol–water partition coefficient (Wildman–Crippen LogP) is 1.81. The number of hydrogen-bond donors (Lipinski definition) is 1. The molecule has 0 saturated carbocycles. The van der Waals surface area contributed by atoms with E-state index < -0.39 is 5.82 Å². The van der Waals surface area contributed by atoms with E-state index >= 15 is 0 Å². The summed E-state index contributed by atoms with van der Waals surface area (Å²) in [5.41, 5.74) is 6.92. The van der Waals surface area contributed by atoms with Crippen LogP contribution in [-0.2, 0) is 0 Å². The number of nitrogen functional groups attached to an aromatic ring is 1. The Balaban J connectivity index is 2.34. The number of hydrogen-bond acceptors (Lipinski definition) is 5. The van der Waals surface area contributed by atoms with Gasteiger partial charge in [-0.05, 0) is 19.1 Å². The largest absolute Gasteiger partial charge is 0.493 e. The zero-order chi connectivity index (χ0) is 14.7. The van der Waals surface area contributed by atoms with Crippen LogP contribution in [-0.4, -0.2) is 30.1 Å². The molecule has 0 atom stereocenters. The molecular formula is C13H15FN4O2. The molecule has 20 heavy (non-hydrogen) atoms. The van der Waals surface area contributed by atoms with Gasteiger partial charge in [0.1, 0.15) is 0 Å². The highest BCUT2D eigenvalue weighted by Crippen LogP contribution is 2.30. The van der Waals surface area contributed by atoms with E-state index in [0.717, 1.165) is 5.69 Å². The maximum absolute atomic E-state index is 13.8. The minimum atomic E-state index is -0.525. The number of benzene rings is 1. The summed E-state index contributed by atoms with van der Waals surface area (Å²) >= 11 is 0. The summed E-state index contributed by atoms with van der Waals surface area (Å²) in [5, 5.41) is 4.11. The lowest BCUT2D eigenvalue weighted by Crippen LogP contribution is -1.99. The topological polar surface area (TPSA) is 74.7 Å². The number of aryl methyl sites for hydroxylation is 1. The van der Waals surface area contributed by atoms with Crippen molar-refractivity contribution in [2.45, 2.75) is 6.92 Å². The Labute approximate surface area is 115 Å². The normalized spacial score (nSPS) is 11.0. The standard InChI is InChI=1S/C13H15FN4O2/c1-8-7-18(13(15)17-8)16-6-9-4-10(14)12(20-3)11(5-9)19-2/h4-7H,1-3H3,(H2,15,17). The first-order valence-electron chi connectivity index (χ1n) is 5.82. The zero-order valence-corrected chi connectivity index (χ0v) is 11.4. The van der Waals surface area contributed by atoms with Crippen molar-refractivity contribution in [2.24, 2.45) is 5.10 Å². The Morgan fingerprint density at radius 3 is 2.65 bits per heavy atom. The summed E-state index contributed by atoms with van der Waals surface area (Å²) < 4.78 is 25.2. The Morgan fingerprint density at radius 1 is 1.35 bits per heavy atom. The fourth-order valence-electron chi connectivity index (χ4n) is 1.74. The third kappa shape index (κ3) is 2.71. The Bertz CT molecular complexity index is 652. The van der Waals surface area contributed by atoms with Crippen molar-refractivity contribution in [3.05, 3.63) is 35.4 Å². The van der Waals surface area contributed by atoms with Gasteiger partial charge in [0.25, 0.3) is 0 Å². The van der Waals surface area contributed by atoms with Gasteiger partial charge in [0, 0.05) is 5.56 Å². The fourth-order valence-corrected chi connectivity index (χ4v) is 1.74. The first kappa shape index (κ1) is 13.9. The number of nitrogens with zero attached hydrogens (tertiary/aromatic N) is 3. The maximum atomic E-state index is 13.8. The highest BCUT2D eigenvalue weighted by Gasteiger charge is 2.11. The van der Waals surface area contributed by atoms with Crippen molar-refractivity contribution in [1.29, 1.82) is 0 Å². The van der Waals surface area contributed by atoms with Gasteiger partial charge in [0.2, 0.25) is 5.95 Å². The van der Waals surface area contributed by atoms with Crippen LogP contribution in [0.4, 0.5) is 10.3 Å². The molecule has 7 heteroatoms. The third-order valence-corrected chi connectivity index (χ3v) is 2.62. The highest BCUT2D eigenvalue weighted by atomic mass is 19.1. The lowest BCUT2D eigenvalue weighted by Gasteiger charge is -2.09. The lowest BCUT2D eigenvalue weighted by molar-refractivity contribution is 0.337. The molecule has 1 heterocycles. The molecule has 0 fully saturated rings. The second kappa shape index (κ2) is 5.60. The number of aromatic nitrogens is 2. The van der Waals surface area contributed by atoms with Crippen molar-refractivity contribution in [3.8, 4) is 11.5 Å². The first-order valence-corrected chi connectivity index (χ1v) is 5.82. The molecule has 2 N–H and O–H groups in total. The monoisotopic (exact) mass is 278 g/mol. The van der Waals surface area contributed by atoms with Crippen LogP contribution in [0.1, 0.15) is 11.3 Å². The van der Waals surface area contributed by atoms with Crippen LogP contribution in [0.3, 0.4) is 0 Å². The van der Waals surface area contributed by atoms with Gasteiger partial charge in [-0.25, -0.2) is 14.1 Å². The van der Waals surface area contributed by atoms with Crippen molar-refractivity contribution in [2.75, 3.05) is 20.0 Å². The minimum Gasteiger partial charge on any atom is -0.493 e. The molecule has 0 saturated heterocycles. The van der Waals surface area contributed by atoms with Crippen LogP contribution < -0.4 is 15.2 Å². The quantitative estimate of drug-likeness (QED) is 0.865. The molecule has 0 amide bonds. The van der Waals surface area contributed by atoms with Gasteiger partial charge in [-0.2, -0.15) is 5.10 Å². The summed E-state index contributed by atoms with van der Waals surface area (Å²) in [6, 6.07) is 2.91. The summed E-state index contributed by atoms with van der Waals surface area (Å²) in [4.78, 5) is 4.01. The average molecular weight is 278 g/mol. The number of rotatable bonds is 4. The average Bonchev–Trinajstić information content (AvgIpc) is 2.74. The van der Waals surface area contributed by atoms with E-state index in [4.69, 9.17) is 15.2 Å². The lowest BCUT2D eigenvalue weighted by atomic mass is 10.2. The summed E-state index contributed by atoms with van der Waals surface area (Å²) in [6.45, 7) is 1.80. The Kier molecular flexibility index (Phi) is 3.88. The van der Waals surface area contributed by atoms with Crippen LogP contribution in [0.5, 0.6) is 11.5 Å². The van der Waals surface area contributed by atoms with E-state index in [1.54, 1.807) is 19.2 Å². The number of halogens is 1. The van der Waals surface area contributed by atoms with Crippen molar-refractivity contribution in [3.63, 3.8) is 0 Å². The Hall–Kier alpha value is -2.57. The molecule has 2 rings (SSSR count). The van der Waals surface area contributed by atoms with E-state index in [9.17, 15) is 4.39 Å². The molecule has 0 bridgehead atoms. The second-order valence-corrected chi connectivity index (χ2v) is 4.07. The van der Waals surface area contributed by atoms with Crippen molar-refractivity contribution < 1.29 is 13.9 Å². The van der Waals surface area contributed by atoms with Gasteiger partial charge in [0.15, 0.2) is 17.3 Å². The molecular weight excluding hydrogens is 263 g/mol. The number of nitrogens with two attached hydrogens (primary N) is 1. The van der Waals surface area contributed by atoms with Crippen LogP contribution in [0.25, 0.3) is 0 Å². The Morgan fingerprint density at radius 2 is 2.10 bits per heavy atom. The van der Waals surface area contributed by atoms with Gasteiger partial charge in [-0.3, -0.25) is 0 Å². The smallest absolute Gasteiger partial charge is 0.221 e. The molecule has 0 aliphatic carbocycles.